The van der Waals surface area contributed by atoms with Crippen molar-refractivity contribution in [2.75, 3.05) is 40.8 Å². The Morgan fingerprint density at radius 3 is 2.33 bits per heavy atom. The van der Waals surface area contributed by atoms with Crippen molar-refractivity contribution in [3.8, 4) is 12.3 Å². The molecule has 0 spiro atoms. The molecule has 0 saturated heterocycles. The maximum atomic E-state index is 11.4. The number of terminal acetylenes is 1. The Hall–Kier alpha value is -1.54. The summed E-state index contributed by atoms with van der Waals surface area (Å²) in [4.78, 5) is 25.5. The van der Waals surface area contributed by atoms with Gasteiger partial charge in [0.25, 0.3) is 0 Å². The predicted octanol–water partition coefficient (Wildman–Crippen LogP) is -1.24. The first-order chi connectivity index (χ1) is 6.99. The van der Waals surface area contributed by atoms with Gasteiger partial charge in [0, 0.05) is 21.1 Å². The minimum atomic E-state index is -0.152. The van der Waals surface area contributed by atoms with Gasteiger partial charge in [0.05, 0.1) is 19.6 Å². The molecule has 0 aliphatic carbocycles. The molecule has 0 aromatic carbocycles. The first-order valence-corrected chi connectivity index (χ1v) is 4.57. The maximum absolute atomic E-state index is 11.4. The van der Waals surface area contributed by atoms with Crippen LogP contribution in [0.3, 0.4) is 0 Å². The predicted molar refractivity (Wildman–Crippen MR) is 58.0 cm³/mol. The van der Waals surface area contributed by atoms with Crippen LogP contribution in [0.15, 0.2) is 0 Å². The number of carbonyl (C=O) groups excluding carboxylic acids is 2. The normalized spacial score (nSPS) is 9.20. The Bertz CT molecular complexity index is 268. The summed E-state index contributed by atoms with van der Waals surface area (Å²) >= 11 is 0. The third-order valence-corrected chi connectivity index (χ3v) is 1.80. The number of amides is 2. The zero-order chi connectivity index (χ0) is 11.8. The van der Waals surface area contributed by atoms with E-state index in [4.69, 9.17) is 6.42 Å². The average Bonchev–Trinajstić information content (AvgIpc) is 2.17. The number of rotatable bonds is 5. The zero-order valence-electron chi connectivity index (χ0n) is 9.41. The lowest BCUT2D eigenvalue weighted by atomic mass is 10.4. The van der Waals surface area contributed by atoms with Gasteiger partial charge in [0.15, 0.2) is 0 Å². The lowest BCUT2D eigenvalue weighted by molar-refractivity contribution is -0.137. The lowest BCUT2D eigenvalue weighted by Gasteiger charge is -2.19. The van der Waals surface area contributed by atoms with Crippen molar-refractivity contribution in [1.82, 2.24) is 15.1 Å². The molecule has 0 heterocycles. The molecule has 0 saturated carbocycles. The van der Waals surface area contributed by atoms with Gasteiger partial charge in [0.1, 0.15) is 0 Å². The van der Waals surface area contributed by atoms with Crippen LogP contribution < -0.4 is 5.32 Å². The number of carbonyl (C=O) groups is 2. The third kappa shape index (κ3) is 5.70. The van der Waals surface area contributed by atoms with Crippen LogP contribution in [0, 0.1) is 12.3 Å². The second kappa shape index (κ2) is 6.85. The minimum absolute atomic E-state index is 0.0869. The van der Waals surface area contributed by atoms with E-state index in [-0.39, 0.29) is 24.9 Å². The van der Waals surface area contributed by atoms with Crippen LogP contribution in [0.1, 0.15) is 0 Å². The Kier molecular flexibility index (Phi) is 6.14. The fourth-order valence-electron chi connectivity index (χ4n) is 0.809. The number of nitrogens with one attached hydrogen (secondary N) is 1. The molecule has 5 heteroatoms. The third-order valence-electron chi connectivity index (χ3n) is 1.80. The summed E-state index contributed by atoms with van der Waals surface area (Å²) in [7, 11) is 4.88. The van der Waals surface area contributed by atoms with E-state index < -0.39 is 0 Å². The summed E-state index contributed by atoms with van der Waals surface area (Å²) in [6, 6.07) is 0. The number of likely N-dealkylation sites (N-methyl/N-ethyl adjacent to an activating group) is 2. The molecule has 15 heavy (non-hydrogen) atoms. The van der Waals surface area contributed by atoms with E-state index in [1.165, 1.54) is 9.80 Å². The Morgan fingerprint density at radius 1 is 1.27 bits per heavy atom. The molecule has 0 unspecified atom stereocenters. The van der Waals surface area contributed by atoms with Gasteiger partial charge in [-0.15, -0.1) is 6.42 Å². The molecule has 1 N–H and O–H groups in total. The van der Waals surface area contributed by atoms with Gasteiger partial charge in [-0.25, -0.2) is 0 Å². The SMILES string of the molecule is C#CCNCC(=O)N(C)CC(=O)N(C)C. The van der Waals surface area contributed by atoms with Crippen molar-refractivity contribution in [1.29, 1.82) is 0 Å². The van der Waals surface area contributed by atoms with E-state index in [2.05, 4.69) is 11.2 Å². The fourth-order valence-corrected chi connectivity index (χ4v) is 0.809. The number of hydrogen-bond acceptors (Lipinski definition) is 3. The Balaban J connectivity index is 3.89. The highest BCUT2D eigenvalue weighted by atomic mass is 16.2. The fraction of sp³-hybridized carbons (Fsp3) is 0.600. The van der Waals surface area contributed by atoms with E-state index in [0.717, 1.165) is 0 Å². The molecule has 0 rings (SSSR count). The van der Waals surface area contributed by atoms with Crippen molar-refractivity contribution in [2.24, 2.45) is 0 Å². The van der Waals surface area contributed by atoms with Gasteiger partial charge in [-0.2, -0.15) is 0 Å². The summed E-state index contributed by atoms with van der Waals surface area (Å²) in [6.45, 7) is 0.589. The van der Waals surface area contributed by atoms with Gasteiger partial charge < -0.3 is 9.80 Å². The molecule has 0 aliphatic heterocycles. The van der Waals surface area contributed by atoms with Crippen LogP contribution in [0.5, 0.6) is 0 Å². The number of nitrogens with zero attached hydrogens (tertiary/aromatic N) is 2. The zero-order valence-corrected chi connectivity index (χ0v) is 9.41. The summed E-state index contributed by atoms with van der Waals surface area (Å²) in [5.41, 5.74) is 0. The van der Waals surface area contributed by atoms with E-state index in [9.17, 15) is 9.59 Å². The minimum Gasteiger partial charge on any atom is -0.347 e. The first kappa shape index (κ1) is 13.5. The quantitative estimate of drug-likeness (QED) is 0.457. The van der Waals surface area contributed by atoms with Gasteiger partial charge in [0.2, 0.25) is 11.8 Å². The Morgan fingerprint density at radius 2 is 1.87 bits per heavy atom. The molecule has 0 bridgehead atoms. The molecule has 0 aliphatic rings. The van der Waals surface area contributed by atoms with Gasteiger partial charge in [-0.1, -0.05) is 5.92 Å². The highest BCUT2D eigenvalue weighted by Crippen LogP contribution is 1.87. The molecule has 0 fully saturated rings. The van der Waals surface area contributed by atoms with E-state index in [0.29, 0.717) is 6.54 Å². The largest absolute Gasteiger partial charge is 0.347 e. The standard InChI is InChI=1S/C10H17N3O2/c1-5-6-11-7-9(14)13(4)8-10(15)12(2)3/h1,11H,6-8H2,2-4H3. The van der Waals surface area contributed by atoms with Crippen LogP contribution >= 0.6 is 0 Å². The molecule has 0 radical (unpaired) electrons. The summed E-state index contributed by atoms with van der Waals surface area (Å²) in [5.74, 6) is 2.10. The van der Waals surface area contributed by atoms with Crippen LogP contribution in [0.4, 0.5) is 0 Å². The van der Waals surface area contributed by atoms with E-state index >= 15 is 0 Å². The molecule has 84 valence electrons. The molecule has 0 atom stereocenters. The molecule has 2 amide bonds. The average molecular weight is 211 g/mol. The molecule has 0 aromatic rings. The Labute approximate surface area is 90.4 Å². The molecule has 0 aromatic heterocycles. The van der Waals surface area contributed by atoms with Crippen molar-refractivity contribution in [2.45, 2.75) is 0 Å². The molecular formula is C10H17N3O2. The van der Waals surface area contributed by atoms with Gasteiger partial charge in [-0.05, 0) is 0 Å². The second-order valence-corrected chi connectivity index (χ2v) is 3.35. The van der Waals surface area contributed by atoms with Crippen LogP contribution in [0.2, 0.25) is 0 Å². The molecule has 5 nitrogen and oxygen atoms in total. The monoisotopic (exact) mass is 211 g/mol. The number of hydrogen-bond donors (Lipinski definition) is 1. The van der Waals surface area contributed by atoms with Crippen LogP contribution in [-0.4, -0.2) is 62.4 Å². The molecular weight excluding hydrogens is 194 g/mol. The smallest absolute Gasteiger partial charge is 0.241 e. The van der Waals surface area contributed by atoms with Gasteiger partial charge in [-0.3, -0.25) is 14.9 Å². The topological polar surface area (TPSA) is 52.7 Å². The maximum Gasteiger partial charge on any atom is 0.241 e. The van der Waals surface area contributed by atoms with Crippen molar-refractivity contribution >= 4 is 11.8 Å². The van der Waals surface area contributed by atoms with Crippen molar-refractivity contribution in [3.63, 3.8) is 0 Å². The summed E-state index contributed by atoms with van der Waals surface area (Å²) in [6.07, 6.45) is 5.01. The van der Waals surface area contributed by atoms with E-state index in [1.54, 1.807) is 21.1 Å². The highest BCUT2D eigenvalue weighted by Gasteiger charge is 2.13. The van der Waals surface area contributed by atoms with Crippen molar-refractivity contribution < 1.29 is 9.59 Å². The first-order valence-electron chi connectivity index (χ1n) is 4.57. The highest BCUT2D eigenvalue weighted by molar-refractivity contribution is 5.85. The lowest BCUT2D eigenvalue weighted by Crippen LogP contribution is -2.41. The summed E-state index contributed by atoms with van der Waals surface area (Å²) < 4.78 is 0. The summed E-state index contributed by atoms with van der Waals surface area (Å²) in [5, 5.41) is 2.77. The van der Waals surface area contributed by atoms with E-state index in [1.807, 2.05) is 0 Å². The van der Waals surface area contributed by atoms with Crippen molar-refractivity contribution in [3.05, 3.63) is 0 Å². The second-order valence-electron chi connectivity index (χ2n) is 3.35. The van der Waals surface area contributed by atoms with Gasteiger partial charge >= 0.3 is 0 Å². The van der Waals surface area contributed by atoms with Crippen LogP contribution in [-0.2, 0) is 9.59 Å². The van der Waals surface area contributed by atoms with Crippen LogP contribution in [0.25, 0.3) is 0 Å².